The largest absolute Gasteiger partial charge is 0.454 e. The Kier molecular flexibility index (Phi) is 4.17. The minimum absolute atomic E-state index is 0.144. The molecule has 18 heavy (non-hydrogen) atoms. The summed E-state index contributed by atoms with van der Waals surface area (Å²) >= 11 is 1.70. The van der Waals surface area contributed by atoms with Crippen LogP contribution in [-0.2, 0) is 0 Å². The van der Waals surface area contributed by atoms with Crippen molar-refractivity contribution in [1.29, 1.82) is 0 Å². The van der Waals surface area contributed by atoms with Gasteiger partial charge in [0.2, 0.25) is 6.79 Å². The van der Waals surface area contributed by atoms with Crippen LogP contribution in [0.1, 0.15) is 31.1 Å². The summed E-state index contributed by atoms with van der Waals surface area (Å²) in [5.74, 6) is 2.63. The first-order valence-electron chi connectivity index (χ1n) is 6.12. The molecule has 98 valence electrons. The molecular weight excluding hydrogens is 248 g/mol. The van der Waals surface area contributed by atoms with Crippen molar-refractivity contribution in [3.8, 4) is 11.5 Å². The third kappa shape index (κ3) is 2.99. The fourth-order valence-corrected chi connectivity index (χ4v) is 2.52. The topological polar surface area (TPSA) is 35.5 Å². The Bertz CT molecular complexity index is 443. The summed E-state index contributed by atoms with van der Waals surface area (Å²) in [6.07, 6.45) is 0. The molecule has 0 amide bonds. The van der Waals surface area contributed by atoms with Crippen LogP contribution in [-0.4, -0.2) is 23.6 Å². The Hall–Kier alpha value is -1.16. The number of fused-ring (bicyclic) bond motifs is 1. The first-order chi connectivity index (χ1) is 8.58. The standard InChI is InChI=1S/C14H18O3S/c1-9(2)10(3)18-7-12(15)11-4-5-13-14(6-11)17-8-16-13/h4-6,9-10H,7-8H2,1-3H3. The minimum Gasteiger partial charge on any atom is -0.454 e. The molecule has 4 heteroatoms. The predicted octanol–water partition coefficient (Wildman–Crippen LogP) is 3.38. The van der Waals surface area contributed by atoms with Gasteiger partial charge in [0.25, 0.3) is 0 Å². The van der Waals surface area contributed by atoms with Crippen molar-refractivity contribution in [2.75, 3.05) is 12.5 Å². The molecule has 1 unspecified atom stereocenters. The molecule has 0 saturated carbocycles. The minimum atomic E-state index is 0.144. The molecule has 1 heterocycles. The smallest absolute Gasteiger partial charge is 0.231 e. The van der Waals surface area contributed by atoms with Gasteiger partial charge < -0.3 is 9.47 Å². The maximum Gasteiger partial charge on any atom is 0.231 e. The highest BCUT2D eigenvalue weighted by Crippen LogP contribution is 2.33. The maximum atomic E-state index is 12.1. The van der Waals surface area contributed by atoms with E-state index in [1.165, 1.54) is 0 Å². The van der Waals surface area contributed by atoms with Gasteiger partial charge in [-0.2, -0.15) is 11.8 Å². The van der Waals surface area contributed by atoms with Crippen LogP contribution in [0.2, 0.25) is 0 Å². The second-order valence-electron chi connectivity index (χ2n) is 4.75. The number of thioether (sulfide) groups is 1. The van der Waals surface area contributed by atoms with Crippen molar-refractivity contribution in [2.45, 2.75) is 26.0 Å². The van der Waals surface area contributed by atoms with Crippen LogP contribution in [0.5, 0.6) is 11.5 Å². The van der Waals surface area contributed by atoms with Crippen molar-refractivity contribution in [3.05, 3.63) is 23.8 Å². The fraction of sp³-hybridized carbons (Fsp3) is 0.500. The molecule has 0 spiro atoms. The second kappa shape index (κ2) is 5.65. The molecule has 1 aromatic carbocycles. The molecule has 1 aliphatic heterocycles. The molecule has 0 aromatic heterocycles. The van der Waals surface area contributed by atoms with E-state index < -0.39 is 0 Å². The third-order valence-electron chi connectivity index (χ3n) is 3.11. The average molecular weight is 266 g/mol. The quantitative estimate of drug-likeness (QED) is 0.765. The Morgan fingerprint density at radius 3 is 2.72 bits per heavy atom. The Balaban J connectivity index is 1.97. The van der Waals surface area contributed by atoms with Gasteiger partial charge in [-0.1, -0.05) is 20.8 Å². The Morgan fingerprint density at radius 2 is 2.00 bits per heavy atom. The summed E-state index contributed by atoms with van der Waals surface area (Å²) in [5.41, 5.74) is 0.697. The zero-order valence-corrected chi connectivity index (χ0v) is 11.8. The number of carbonyl (C=O) groups excluding carboxylic acids is 1. The van der Waals surface area contributed by atoms with Crippen LogP contribution in [0.25, 0.3) is 0 Å². The second-order valence-corrected chi connectivity index (χ2v) is 6.12. The number of hydrogen-bond donors (Lipinski definition) is 0. The fourth-order valence-electron chi connectivity index (χ4n) is 1.55. The highest BCUT2D eigenvalue weighted by molar-refractivity contribution is 8.00. The monoisotopic (exact) mass is 266 g/mol. The zero-order valence-electron chi connectivity index (χ0n) is 10.9. The molecule has 0 radical (unpaired) electrons. The van der Waals surface area contributed by atoms with E-state index in [4.69, 9.17) is 9.47 Å². The van der Waals surface area contributed by atoms with Crippen LogP contribution in [0.4, 0.5) is 0 Å². The van der Waals surface area contributed by atoms with Gasteiger partial charge in [0.15, 0.2) is 17.3 Å². The van der Waals surface area contributed by atoms with Crippen molar-refractivity contribution in [3.63, 3.8) is 0 Å². The molecule has 0 fully saturated rings. The lowest BCUT2D eigenvalue weighted by atomic mass is 10.1. The number of hydrogen-bond acceptors (Lipinski definition) is 4. The molecule has 0 bridgehead atoms. The summed E-state index contributed by atoms with van der Waals surface area (Å²) in [6, 6.07) is 5.37. The molecule has 1 aromatic rings. The van der Waals surface area contributed by atoms with E-state index in [0.29, 0.717) is 28.2 Å². The number of rotatable bonds is 5. The maximum absolute atomic E-state index is 12.1. The van der Waals surface area contributed by atoms with Gasteiger partial charge in [-0.3, -0.25) is 4.79 Å². The van der Waals surface area contributed by atoms with E-state index in [-0.39, 0.29) is 12.6 Å². The van der Waals surface area contributed by atoms with Gasteiger partial charge in [-0.25, -0.2) is 0 Å². The average Bonchev–Trinajstić information content (AvgIpc) is 2.82. The van der Waals surface area contributed by atoms with E-state index in [1.807, 2.05) is 0 Å². The zero-order chi connectivity index (χ0) is 13.1. The normalized spacial score (nSPS) is 14.9. The number of ether oxygens (including phenoxy) is 2. The summed E-state index contributed by atoms with van der Waals surface area (Å²) in [7, 11) is 0. The van der Waals surface area contributed by atoms with Gasteiger partial charge >= 0.3 is 0 Å². The first kappa shape index (κ1) is 13.3. The van der Waals surface area contributed by atoms with Crippen LogP contribution >= 0.6 is 11.8 Å². The SMILES string of the molecule is CC(C)C(C)SCC(=O)c1ccc2c(c1)OCO2. The van der Waals surface area contributed by atoms with Gasteiger partial charge in [-0.05, 0) is 24.1 Å². The Morgan fingerprint density at radius 1 is 1.28 bits per heavy atom. The Labute approximate surface area is 112 Å². The highest BCUT2D eigenvalue weighted by atomic mass is 32.2. The number of ketones is 1. The van der Waals surface area contributed by atoms with Crippen LogP contribution in [0, 0.1) is 5.92 Å². The molecule has 0 aliphatic carbocycles. The summed E-state index contributed by atoms with van der Waals surface area (Å²) in [6.45, 7) is 6.74. The summed E-state index contributed by atoms with van der Waals surface area (Å²) in [4.78, 5) is 12.1. The lowest BCUT2D eigenvalue weighted by molar-refractivity contribution is 0.102. The number of carbonyl (C=O) groups is 1. The van der Waals surface area contributed by atoms with E-state index in [1.54, 1.807) is 30.0 Å². The summed E-state index contributed by atoms with van der Waals surface area (Å²) in [5, 5.41) is 0.489. The summed E-state index contributed by atoms with van der Waals surface area (Å²) < 4.78 is 10.5. The number of Topliss-reactive ketones (excluding diaryl/α,β-unsaturated/α-hetero) is 1. The van der Waals surface area contributed by atoms with Crippen molar-refractivity contribution in [2.24, 2.45) is 5.92 Å². The van der Waals surface area contributed by atoms with Crippen molar-refractivity contribution < 1.29 is 14.3 Å². The van der Waals surface area contributed by atoms with Crippen molar-refractivity contribution >= 4 is 17.5 Å². The van der Waals surface area contributed by atoms with E-state index >= 15 is 0 Å². The third-order valence-corrected chi connectivity index (χ3v) is 4.61. The van der Waals surface area contributed by atoms with Gasteiger partial charge in [0, 0.05) is 10.8 Å². The molecular formula is C14H18O3S. The molecule has 2 rings (SSSR count). The van der Waals surface area contributed by atoms with E-state index in [2.05, 4.69) is 20.8 Å². The first-order valence-corrected chi connectivity index (χ1v) is 7.17. The van der Waals surface area contributed by atoms with E-state index in [0.717, 1.165) is 5.75 Å². The van der Waals surface area contributed by atoms with Gasteiger partial charge in [0.05, 0.1) is 5.75 Å². The lowest BCUT2D eigenvalue weighted by Gasteiger charge is -2.14. The molecule has 1 aliphatic rings. The lowest BCUT2D eigenvalue weighted by Crippen LogP contribution is -2.11. The van der Waals surface area contributed by atoms with Crippen LogP contribution in [0.15, 0.2) is 18.2 Å². The predicted molar refractivity (Wildman–Crippen MR) is 73.7 cm³/mol. The van der Waals surface area contributed by atoms with Gasteiger partial charge in [-0.15, -0.1) is 0 Å². The van der Waals surface area contributed by atoms with Crippen LogP contribution < -0.4 is 9.47 Å². The molecule has 3 nitrogen and oxygen atoms in total. The highest BCUT2D eigenvalue weighted by Gasteiger charge is 2.17. The molecule has 0 saturated heterocycles. The molecule has 1 atom stereocenters. The van der Waals surface area contributed by atoms with Gasteiger partial charge in [0.1, 0.15) is 0 Å². The number of benzene rings is 1. The molecule has 0 N–H and O–H groups in total. The van der Waals surface area contributed by atoms with Crippen LogP contribution in [0.3, 0.4) is 0 Å². The van der Waals surface area contributed by atoms with E-state index in [9.17, 15) is 4.79 Å². The van der Waals surface area contributed by atoms with Crippen molar-refractivity contribution in [1.82, 2.24) is 0 Å².